The SMILES string of the molecule is COc1ccc(NC(=O)C(C)c2ccc(CC(C)C)cc2)cc1. The average Bonchev–Trinajstić information content (AvgIpc) is 2.55. The first-order chi connectivity index (χ1) is 11.0. The molecule has 1 unspecified atom stereocenters. The van der Waals surface area contributed by atoms with Crippen molar-refractivity contribution in [2.24, 2.45) is 5.92 Å². The van der Waals surface area contributed by atoms with Gasteiger partial charge in [0.2, 0.25) is 5.91 Å². The average molecular weight is 311 g/mol. The molecule has 0 aromatic heterocycles. The van der Waals surface area contributed by atoms with Crippen molar-refractivity contribution >= 4 is 11.6 Å². The molecule has 122 valence electrons. The second-order valence-electron chi connectivity index (χ2n) is 6.28. The van der Waals surface area contributed by atoms with E-state index < -0.39 is 0 Å². The first-order valence-electron chi connectivity index (χ1n) is 8.03. The molecular formula is C20H25NO2. The molecule has 2 aromatic rings. The molecule has 0 saturated heterocycles. The van der Waals surface area contributed by atoms with Gasteiger partial charge < -0.3 is 10.1 Å². The lowest BCUT2D eigenvalue weighted by Crippen LogP contribution is -2.18. The molecule has 2 aromatic carbocycles. The normalized spacial score (nSPS) is 12.0. The Bertz CT molecular complexity index is 630. The van der Waals surface area contributed by atoms with Crippen LogP contribution in [0.25, 0.3) is 0 Å². The number of hydrogen-bond acceptors (Lipinski definition) is 2. The van der Waals surface area contributed by atoms with Crippen LogP contribution in [0, 0.1) is 5.92 Å². The van der Waals surface area contributed by atoms with E-state index in [0.717, 1.165) is 23.4 Å². The Kier molecular flexibility index (Phi) is 5.80. The van der Waals surface area contributed by atoms with Crippen LogP contribution in [0.2, 0.25) is 0 Å². The van der Waals surface area contributed by atoms with Crippen LogP contribution in [0.5, 0.6) is 5.75 Å². The molecule has 1 atom stereocenters. The van der Waals surface area contributed by atoms with Gasteiger partial charge in [-0.05, 0) is 54.7 Å². The van der Waals surface area contributed by atoms with E-state index in [0.29, 0.717) is 5.92 Å². The predicted molar refractivity (Wildman–Crippen MR) is 95.0 cm³/mol. The Morgan fingerprint density at radius 2 is 1.61 bits per heavy atom. The van der Waals surface area contributed by atoms with Crippen molar-refractivity contribution in [1.82, 2.24) is 0 Å². The first kappa shape index (κ1) is 17.1. The zero-order valence-electron chi connectivity index (χ0n) is 14.3. The van der Waals surface area contributed by atoms with Gasteiger partial charge in [-0.1, -0.05) is 38.1 Å². The van der Waals surface area contributed by atoms with Gasteiger partial charge in [0, 0.05) is 5.69 Å². The third-order valence-corrected chi connectivity index (χ3v) is 3.87. The van der Waals surface area contributed by atoms with Gasteiger partial charge in [-0.3, -0.25) is 4.79 Å². The fourth-order valence-corrected chi connectivity index (χ4v) is 2.49. The van der Waals surface area contributed by atoms with Gasteiger partial charge in [0.15, 0.2) is 0 Å². The van der Waals surface area contributed by atoms with Crippen molar-refractivity contribution in [3.05, 3.63) is 59.7 Å². The molecule has 1 N–H and O–H groups in total. The molecule has 0 heterocycles. The molecule has 2 rings (SSSR count). The fourth-order valence-electron chi connectivity index (χ4n) is 2.49. The lowest BCUT2D eigenvalue weighted by Gasteiger charge is -2.14. The number of amides is 1. The monoisotopic (exact) mass is 311 g/mol. The minimum atomic E-state index is -0.190. The Labute approximate surface area is 138 Å². The summed E-state index contributed by atoms with van der Waals surface area (Å²) < 4.78 is 5.12. The van der Waals surface area contributed by atoms with E-state index in [2.05, 4.69) is 43.4 Å². The van der Waals surface area contributed by atoms with Gasteiger partial charge in [-0.2, -0.15) is 0 Å². The molecule has 3 heteroatoms. The first-order valence-corrected chi connectivity index (χ1v) is 8.03. The highest BCUT2D eigenvalue weighted by molar-refractivity contribution is 5.95. The van der Waals surface area contributed by atoms with Gasteiger partial charge in [0.05, 0.1) is 13.0 Å². The van der Waals surface area contributed by atoms with Crippen LogP contribution < -0.4 is 10.1 Å². The molecule has 0 aliphatic heterocycles. The van der Waals surface area contributed by atoms with Crippen LogP contribution >= 0.6 is 0 Å². The third-order valence-electron chi connectivity index (χ3n) is 3.87. The lowest BCUT2D eigenvalue weighted by atomic mass is 9.96. The molecule has 0 bridgehead atoms. The molecule has 0 fully saturated rings. The van der Waals surface area contributed by atoms with Crippen LogP contribution in [0.15, 0.2) is 48.5 Å². The van der Waals surface area contributed by atoms with Crippen LogP contribution in [0.3, 0.4) is 0 Å². The van der Waals surface area contributed by atoms with Crippen molar-refractivity contribution < 1.29 is 9.53 Å². The lowest BCUT2D eigenvalue weighted by molar-refractivity contribution is -0.117. The summed E-state index contributed by atoms with van der Waals surface area (Å²) in [6.07, 6.45) is 1.06. The molecule has 0 aliphatic rings. The quantitative estimate of drug-likeness (QED) is 0.844. The van der Waals surface area contributed by atoms with E-state index in [1.54, 1.807) is 7.11 Å². The predicted octanol–water partition coefficient (Wildman–Crippen LogP) is 4.64. The molecule has 3 nitrogen and oxygen atoms in total. The molecule has 0 spiro atoms. The van der Waals surface area contributed by atoms with Crippen LogP contribution in [0.4, 0.5) is 5.69 Å². The Morgan fingerprint density at radius 1 is 1.00 bits per heavy atom. The summed E-state index contributed by atoms with van der Waals surface area (Å²) in [6, 6.07) is 15.7. The highest BCUT2D eigenvalue weighted by Gasteiger charge is 2.15. The largest absolute Gasteiger partial charge is 0.497 e. The number of benzene rings is 2. The summed E-state index contributed by atoms with van der Waals surface area (Å²) >= 11 is 0. The van der Waals surface area contributed by atoms with Crippen LogP contribution in [0.1, 0.15) is 37.8 Å². The number of methoxy groups -OCH3 is 1. The number of rotatable bonds is 6. The second kappa shape index (κ2) is 7.82. The maximum Gasteiger partial charge on any atom is 0.231 e. The summed E-state index contributed by atoms with van der Waals surface area (Å²) in [5.41, 5.74) is 3.12. The van der Waals surface area contributed by atoms with Gasteiger partial charge in [0.25, 0.3) is 0 Å². The molecule has 23 heavy (non-hydrogen) atoms. The standard InChI is InChI=1S/C20H25NO2/c1-14(2)13-16-5-7-17(8-6-16)15(3)20(22)21-18-9-11-19(23-4)12-10-18/h5-12,14-15H,13H2,1-4H3,(H,21,22). The van der Waals surface area contributed by atoms with Gasteiger partial charge in [-0.25, -0.2) is 0 Å². The highest BCUT2D eigenvalue weighted by atomic mass is 16.5. The third kappa shape index (κ3) is 4.85. The highest BCUT2D eigenvalue weighted by Crippen LogP contribution is 2.21. The van der Waals surface area contributed by atoms with Crippen molar-refractivity contribution in [3.8, 4) is 5.75 Å². The summed E-state index contributed by atoms with van der Waals surface area (Å²) in [7, 11) is 1.62. The van der Waals surface area contributed by atoms with E-state index >= 15 is 0 Å². The summed E-state index contributed by atoms with van der Waals surface area (Å²) in [5, 5.41) is 2.94. The molecule has 0 aliphatic carbocycles. The molecular weight excluding hydrogens is 286 g/mol. The minimum Gasteiger partial charge on any atom is -0.497 e. The Hall–Kier alpha value is -2.29. The van der Waals surface area contributed by atoms with Crippen molar-refractivity contribution in [2.75, 3.05) is 12.4 Å². The van der Waals surface area contributed by atoms with E-state index in [4.69, 9.17) is 4.74 Å². The molecule has 0 radical (unpaired) electrons. The second-order valence-corrected chi connectivity index (χ2v) is 6.28. The fraction of sp³-hybridized carbons (Fsp3) is 0.350. The number of nitrogens with one attached hydrogen (secondary N) is 1. The van der Waals surface area contributed by atoms with E-state index in [-0.39, 0.29) is 11.8 Å². The Morgan fingerprint density at radius 3 is 2.13 bits per heavy atom. The summed E-state index contributed by atoms with van der Waals surface area (Å²) in [5.74, 6) is 1.21. The van der Waals surface area contributed by atoms with Crippen LogP contribution in [-0.4, -0.2) is 13.0 Å². The van der Waals surface area contributed by atoms with Gasteiger partial charge in [0.1, 0.15) is 5.75 Å². The van der Waals surface area contributed by atoms with Gasteiger partial charge in [-0.15, -0.1) is 0 Å². The minimum absolute atomic E-state index is 0.00761. The van der Waals surface area contributed by atoms with Gasteiger partial charge >= 0.3 is 0 Å². The number of ether oxygens (including phenoxy) is 1. The molecule has 0 saturated carbocycles. The number of carbonyl (C=O) groups is 1. The van der Waals surface area contributed by atoms with Crippen LogP contribution in [-0.2, 0) is 11.2 Å². The summed E-state index contributed by atoms with van der Waals surface area (Å²) in [4.78, 5) is 12.4. The smallest absolute Gasteiger partial charge is 0.231 e. The number of carbonyl (C=O) groups excluding carboxylic acids is 1. The maximum atomic E-state index is 12.4. The van der Waals surface area contributed by atoms with E-state index in [1.165, 1.54) is 5.56 Å². The number of hydrogen-bond donors (Lipinski definition) is 1. The molecule has 1 amide bonds. The summed E-state index contributed by atoms with van der Waals surface area (Å²) in [6.45, 7) is 6.34. The topological polar surface area (TPSA) is 38.3 Å². The number of anilines is 1. The van der Waals surface area contributed by atoms with E-state index in [9.17, 15) is 4.79 Å². The van der Waals surface area contributed by atoms with Crippen molar-refractivity contribution in [1.29, 1.82) is 0 Å². The van der Waals surface area contributed by atoms with E-state index in [1.807, 2.05) is 31.2 Å². The van der Waals surface area contributed by atoms with Crippen molar-refractivity contribution in [3.63, 3.8) is 0 Å². The van der Waals surface area contributed by atoms with Crippen molar-refractivity contribution in [2.45, 2.75) is 33.1 Å². The zero-order chi connectivity index (χ0) is 16.8. The maximum absolute atomic E-state index is 12.4. The zero-order valence-corrected chi connectivity index (χ0v) is 14.3. The Balaban J connectivity index is 2.00.